The molecule has 0 atom stereocenters. The molecule has 0 saturated heterocycles. The summed E-state index contributed by atoms with van der Waals surface area (Å²) in [7, 11) is 0. The van der Waals surface area contributed by atoms with E-state index in [9.17, 15) is 0 Å². The SMILES string of the molecule is c1ccc2cc(-c3c4ccccc4c(-c4ccc(-c5cc6oc7cc8ccccc8cc7c6c6ccccc56)cc4)c4ccccc34)ccc2c1. The Hall–Kier alpha value is -6.70. The fourth-order valence-electron chi connectivity index (χ4n) is 8.48. The quantitative estimate of drug-likeness (QED) is 0.174. The molecule has 51 heavy (non-hydrogen) atoms. The molecule has 1 aromatic heterocycles. The van der Waals surface area contributed by atoms with Gasteiger partial charge in [0.15, 0.2) is 0 Å². The molecule has 10 aromatic carbocycles. The second kappa shape index (κ2) is 10.9. The number of hydrogen-bond acceptors (Lipinski definition) is 1. The number of fused-ring (bicyclic) bond motifs is 9. The number of rotatable bonds is 3. The van der Waals surface area contributed by atoms with E-state index in [-0.39, 0.29) is 0 Å². The van der Waals surface area contributed by atoms with Crippen LogP contribution in [0, 0.1) is 0 Å². The molecule has 11 rings (SSSR count). The van der Waals surface area contributed by atoms with Crippen LogP contribution in [0.4, 0.5) is 0 Å². The monoisotopic (exact) mass is 646 g/mol. The van der Waals surface area contributed by atoms with Crippen LogP contribution in [0.25, 0.3) is 109 Å². The minimum Gasteiger partial charge on any atom is -0.456 e. The van der Waals surface area contributed by atoms with Gasteiger partial charge in [-0.15, -0.1) is 0 Å². The maximum atomic E-state index is 6.59. The van der Waals surface area contributed by atoms with Crippen molar-refractivity contribution >= 4 is 75.8 Å². The van der Waals surface area contributed by atoms with Crippen molar-refractivity contribution in [2.75, 3.05) is 0 Å². The fourth-order valence-corrected chi connectivity index (χ4v) is 8.48. The molecule has 0 radical (unpaired) electrons. The summed E-state index contributed by atoms with van der Waals surface area (Å²) in [5, 5.41) is 14.7. The Kier molecular flexibility index (Phi) is 6.02. The van der Waals surface area contributed by atoms with Crippen molar-refractivity contribution in [3.05, 3.63) is 182 Å². The first-order valence-corrected chi connectivity index (χ1v) is 17.6. The molecule has 1 heteroatoms. The maximum Gasteiger partial charge on any atom is 0.136 e. The molecule has 0 N–H and O–H groups in total. The van der Waals surface area contributed by atoms with Gasteiger partial charge in [0, 0.05) is 10.8 Å². The van der Waals surface area contributed by atoms with Crippen molar-refractivity contribution in [1.82, 2.24) is 0 Å². The van der Waals surface area contributed by atoms with Crippen LogP contribution in [0.5, 0.6) is 0 Å². The van der Waals surface area contributed by atoms with Crippen molar-refractivity contribution in [2.45, 2.75) is 0 Å². The van der Waals surface area contributed by atoms with Crippen LogP contribution < -0.4 is 0 Å². The lowest BCUT2D eigenvalue weighted by molar-refractivity contribution is 0.670. The van der Waals surface area contributed by atoms with E-state index in [4.69, 9.17) is 4.42 Å². The molecule has 0 aliphatic carbocycles. The Morgan fingerprint density at radius 1 is 0.275 bits per heavy atom. The predicted octanol–water partition coefficient (Wildman–Crippen LogP) is 14.4. The van der Waals surface area contributed by atoms with Crippen molar-refractivity contribution < 1.29 is 4.42 Å². The van der Waals surface area contributed by atoms with Gasteiger partial charge in [-0.1, -0.05) is 158 Å². The van der Waals surface area contributed by atoms with E-state index in [1.165, 1.54) is 92.6 Å². The lowest BCUT2D eigenvalue weighted by Crippen LogP contribution is -1.91. The van der Waals surface area contributed by atoms with E-state index in [1.807, 2.05) is 0 Å². The standard InChI is InChI=1S/C50H30O/c1-2-12-34-27-37(26-21-31(34)11-1)49-42-19-9-7-17-40(42)48(41-18-8-10-20-43(41)49)33-24-22-32(23-25-33)44-30-47-50(39-16-6-5-15-38(39)44)45-28-35-13-3-4-14-36(35)29-46(45)51-47/h1-30H. The fraction of sp³-hybridized carbons (Fsp3) is 0. The summed E-state index contributed by atoms with van der Waals surface area (Å²) in [5.74, 6) is 0. The molecule has 1 nitrogen and oxygen atoms in total. The summed E-state index contributed by atoms with van der Waals surface area (Å²) in [5.41, 5.74) is 9.18. The molecule has 0 unspecified atom stereocenters. The molecule has 1 heterocycles. The van der Waals surface area contributed by atoms with Gasteiger partial charge in [-0.3, -0.25) is 0 Å². The van der Waals surface area contributed by atoms with Gasteiger partial charge in [0.05, 0.1) is 0 Å². The highest BCUT2D eigenvalue weighted by Crippen LogP contribution is 2.45. The van der Waals surface area contributed by atoms with E-state index in [1.54, 1.807) is 0 Å². The molecule has 0 aliphatic heterocycles. The van der Waals surface area contributed by atoms with Gasteiger partial charge >= 0.3 is 0 Å². The second-order valence-electron chi connectivity index (χ2n) is 13.6. The van der Waals surface area contributed by atoms with Gasteiger partial charge in [-0.05, 0) is 112 Å². The van der Waals surface area contributed by atoms with E-state index in [0.29, 0.717) is 0 Å². The van der Waals surface area contributed by atoms with Gasteiger partial charge in [0.25, 0.3) is 0 Å². The third kappa shape index (κ3) is 4.28. The third-order valence-electron chi connectivity index (χ3n) is 10.8. The second-order valence-corrected chi connectivity index (χ2v) is 13.6. The molecule has 0 bridgehead atoms. The van der Waals surface area contributed by atoms with E-state index >= 15 is 0 Å². The molecule has 0 aliphatic rings. The van der Waals surface area contributed by atoms with Gasteiger partial charge < -0.3 is 4.42 Å². The first-order chi connectivity index (χ1) is 25.3. The van der Waals surface area contributed by atoms with E-state index < -0.39 is 0 Å². The summed E-state index contributed by atoms with van der Waals surface area (Å²) < 4.78 is 6.59. The molecule has 0 spiro atoms. The molecule has 0 saturated carbocycles. The summed E-state index contributed by atoms with van der Waals surface area (Å²) in [4.78, 5) is 0. The lowest BCUT2D eigenvalue weighted by atomic mass is 9.85. The molecular weight excluding hydrogens is 617 g/mol. The molecular formula is C50H30O. The van der Waals surface area contributed by atoms with Crippen molar-refractivity contribution in [1.29, 1.82) is 0 Å². The third-order valence-corrected chi connectivity index (χ3v) is 10.8. The summed E-state index contributed by atoms with van der Waals surface area (Å²) in [6, 6.07) is 66.3. The first-order valence-electron chi connectivity index (χ1n) is 17.6. The Labute approximate surface area is 294 Å². The van der Waals surface area contributed by atoms with Crippen molar-refractivity contribution in [3.8, 4) is 33.4 Å². The van der Waals surface area contributed by atoms with Crippen molar-refractivity contribution in [2.24, 2.45) is 0 Å². The molecule has 236 valence electrons. The highest BCUT2D eigenvalue weighted by atomic mass is 16.3. The van der Waals surface area contributed by atoms with E-state index in [0.717, 1.165) is 16.6 Å². The number of hydrogen-bond donors (Lipinski definition) is 0. The zero-order valence-electron chi connectivity index (χ0n) is 27.7. The Balaban J connectivity index is 1.10. The average Bonchev–Trinajstić information content (AvgIpc) is 3.56. The summed E-state index contributed by atoms with van der Waals surface area (Å²) >= 11 is 0. The van der Waals surface area contributed by atoms with Crippen LogP contribution in [-0.4, -0.2) is 0 Å². The largest absolute Gasteiger partial charge is 0.456 e. The highest BCUT2D eigenvalue weighted by Gasteiger charge is 2.19. The summed E-state index contributed by atoms with van der Waals surface area (Å²) in [6.07, 6.45) is 0. The lowest BCUT2D eigenvalue weighted by Gasteiger charge is -2.18. The van der Waals surface area contributed by atoms with Gasteiger partial charge in [-0.25, -0.2) is 0 Å². The molecule has 0 amide bonds. The summed E-state index contributed by atoms with van der Waals surface area (Å²) in [6.45, 7) is 0. The van der Waals surface area contributed by atoms with Crippen LogP contribution >= 0.6 is 0 Å². The average molecular weight is 647 g/mol. The van der Waals surface area contributed by atoms with Gasteiger partial charge in [0.2, 0.25) is 0 Å². The van der Waals surface area contributed by atoms with E-state index in [2.05, 4.69) is 182 Å². The van der Waals surface area contributed by atoms with Crippen LogP contribution in [0.2, 0.25) is 0 Å². The Morgan fingerprint density at radius 3 is 1.39 bits per heavy atom. The smallest absolute Gasteiger partial charge is 0.136 e. The number of furan rings is 1. The van der Waals surface area contributed by atoms with Gasteiger partial charge in [-0.2, -0.15) is 0 Å². The normalized spacial score (nSPS) is 11.9. The van der Waals surface area contributed by atoms with Crippen LogP contribution in [0.3, 0.4) is 0 Å². The zero-order valence-corrected chi connectivity index (χ0v) is 27.7. The minimum atomic E-state index is 0.916. The minimum absolute atomic E-state index is 0.916. The molecule has 11 aromatic rings. The number of benzene rings is 10. The predicted molar refractivity (Wildman–Crippen MR) is 218 cm³/mol. The molecule has 0 fully saturated rings. The van der Waals surface area contributed by atoms with Crippen molar-refractivity contribution in [3.63, 3.8) is 0 Å². The first kappa shape index (κ1) is 28.2. The van der Waals surface area contributed by atoms with Crippen LogP contribution in [0.1, 0.15) is 0 Å². The Bertz CT molecular complexity index is 3120. The topological polar surface area (TPSA) is 13.1 Å². The Morgan fingerprint density at radius 2 is 0.745 bits per heavy atom. The van der Waals surface area contributed by atoms with Crippen LogP contribution in [0.15, 0.2) is 186 Å². The van der Waals surface area contributed by atoms with Crippen LogP contribution in [-0.2, 0) is 0 Å². The van der Waals surface area contributed by atoms with Gasteiger partial charge in [0.1, 0.15) is 11.2 Å². The zero-order chi connectivity index (χ0) is 33.5. The maximum absolute atomic E-state index is 6.59. The highest BCUT2D eigenvalue weighted by molar-refractivity contribution is 6.24.